The molecule has 0 saturated carbocycles. The minimum absolute atomic E-state index is 0.243. The van der Waals surface area contributed by atoms with Crippen LogP contribution in [0.4, 0.5) is 8.78 Å². The fourth-order valence-corrected chi connectivity index (χ4v) is 1.20. The zero-order valence-electron chi connectivity index (χ0n) is 7.26. The van der Waals surface area contributed by atoms with E-state index in [4.69, 9.17) is 10.2 Å². The average molecular weight is 198 g/mol. The molecule has 1 heterocycles. The molecule has 1 aromatic carbocycles. The van der Waals surface area contributed by atoms with Crippen LogP contribution < -0.4 is 5.73 Å². The maximum Gasteiger partial charge on any atom is 0.196 e. The summed E-state index contributed by atoms with van der Waals surface area (Å²) in [5, 5.41) is 0. The highest BCUT2D eigenvalue weighted by Crippen LogP contribution is 2.19. The number of halogens is 2. The summed E-state index contributed by atoms with van der Waals surface area (Å²) in [7, 11) is 0. The van der Waals surface area contributed by atoms with Gasteiger partial charge in [0, 0.05) is 25.1 Å². The first-order chi connectivity index (χ1) is 6.70. The van der Waals surface area contributed by atoms with Gasteiger partial charge in [0.1, 0.15) is 5.52 Å². The third kappa shape index (κ3) is 1.46. The number of rotatable bonds is 2. The first kappa shape index (κ1) is 9.08. The maximum atomic E-state index is 12.8. The second kappa shape index (κ2) is 3.34. The van der Waals surface area contributed by atoms with Crippen molar-refractivity contribution in [3.05, 3.63) is 29.7 Å². The largest absolute Gasteiger partial charge is 0.441 e. The SMILES string of the molecule is NCCc1nc2cc(F)c(F)cc2o1. The van der Waals surface area contributed by atoms with E-state index in [1.807, 2.05) is 0 Å². The number of nitrogens with zero attached hydrogens (tertiary/aromatic N) is 1. The average Bonchev–Trinajstić information content (AvgIpc) is 2.48. The van der Waals surface area contributed by atoms with E-state index in [2.05, 4.69) is 4.98 Å². The van der Waals surface area contributed by atoms with Gasteiger partial charge in [0.05, 0.1) is 0 Å². The van der Waals surface area contributed by atoms with E-state index in [9.17, 15) is 8.78 Å². The van der Waals surface area contributed by atoms with E-state index in [1.54, 1.807) is 0 Å². The van der Waals surface area contributed by atoms with Crippen LogP contribution in [-0.2, 0) is 6.42 Å². The minimum atomic E-state index is -0.937. The molecule has 0 saturated heterocycles. The summed E-state index contributed by atoms with van der Waals surface area (Å²) in [4.78, 5) is 3.95. The van der Waals surface area contributed by atoms with Gasteiger partial charge >= 0.3 is 0 Å². The molecule has 2 rings (SSSR count). The van der Waals surface area contributed by atoms with Crippen LogP contribution in [0.1, 0.15) is 5.89 Å². The van der Waals surface area contributed by atoms with Crippen molar-refractivity contribution in [2.45, 2.75) is 6.42 Å². The van der Waals surface area contributed by atoms with Gasteiger partial charge in [0.2, 0.25) is 0 Å². The van der Waals surface area contributed by atoms with Gasteiger partial charge in [-0.2, -0.15) is 0 Å². The molecule has 2 aromatic rings. The summed E-state index contributed by atoms with van der Waals surface area (Å²) in [5.74, 6) is -1.47. The third-order valence-corrected chi connectivity index (χ3v) is 1.83. The Morgan fingerprint density at radius 1 is 1.29 bits per heavy atom. The molecule has 0 spiro atoms. The molecule has 2 N–H and O–H groups in total. The van der Waals surface area contributed by atoms with Crippen LogP contribution in [0.5, 0.6) is 0 Å². The van der Waals surface area contributed by atoms with E-state index in [0.717, 1.165) is 12.1 Å². The zero-order chi connectivity index (χ0) is 10.1. The molecular weight excluding hydrogens is 190 g/mol. The van der Waals surface area contributed by atoms with Gasteiger partial charge in [0.25, 0.3) is 0 Å². The molecular formula is C9H8F2N2O. The fourth-order valence-electron chi connectivity index (χ4n) is 1.20. The first-order valence-corrected chi connectivity index (χ1v) is 4.15. The molecule has 3 nitrogen and oxygen atoms in total. The number of fused-ring (bicyclic) bond motifs is 1. The lowest BCUT2D eigenvalue weighted by atomic mass is 10.3. The molecule has 0 radical (unpaired) electrons. The van der Waals surface area contributed by atoms with E-state index in [1.165, 1.54) is 0 Å². The molecule has 0 aliphatic rings. The number of benzene rings is 1. The second-order valence-corrected chi connectivity index (χ2v) is 2.88. The molecule has 74 valence electrons. The van der Waals surface area contributed by atoms with Gasteiger partial charge in [-0.1, -0.05) is 0 Å². The van der Waals surface area contributed by atoms with Crippen LogP contribution in [-0.4, -0.2) is 11.5 Å². The van der Waals surface area contributed by atoms with Crippen LogP contribution in [0, 0.1) is 11.6 Å². The van der Waals surface area contributed by atoms with Crippen molar-refractivity contribution in [1.29, 1.82) is 0 Å². The zero-order valence-corrected chi connectivity index (χ0v) is 7.26. The molecule has 0 aliphatic heterocycles. The monoisotopic (exact) mass is 198 g/mol. The lowest BCUT2D eigenvalue weighted by Crippen LogP contribution is -2.02. The lowest BCUT2D eigenvalue weighted by molar-refractivity contribution is 0.502. The fraction of sp³-hybridized carbons (Fsp3) is 0.222. The van der Waals surface area contributed by atoms with Crippen LogP contribution >= 0.6 is 0 Å². The number of nitrogens with two attached hydrogens (primary N) is 1. The normalized spacial score (nSPS) is 11.1. The van der Waals surface area contributed by atoms with Crippen molar-refractivity contribution in [1.82, 2.24) is 4.98 Å². The molecule has 0 unspecified atom stereocenters. The molecule has 0 amide bonds. The first-order valence-electron chi connectivity index (χ1n) is 4.15. The molecule has 5 heteroatoms. The Kier molecular flexibility index (Phi) is 2.17. The van der Waals surface area contributed by atoms with Gasteiger partial charge in [-0.15, -0.1) is 0 Å². The Morgan fingerprint density at radius 3 is 2.71 bits per heavy atom. The molecule has 0 bridgehead atoms. The molecule has 0 fully saturated rings. The topological polar surface area (TPSA) is 52.0 Å². The van der Waals surface area contributed by atoms with Crippen molar-refractivity contribution in [2.75, 3.05) is 6.54 Å². The Morgan fingerprint density at radius 2 is 2.00 bits per heavy atom. The van der Waals surface area contributed by atoms with Gasteiger partial charge in [-0.3, -0.25) is 0 Å². The van der Waals surface area contributed by atoms with E-state index in [0.29, 0.717) is 24.4 Å². The van der Waals surface area contributed by atoms with Gasteiger partial charge in [0.15, 0.2) is 23.1 Å². The van der Waals surface area contributed by atoms with Crippen molar-refractivity contribution in [3.63, 3.8) is 0 Å². The summed E-state index contributed by atoms with van der Waals surface area (Å²) in [6, 6.07) is 1.99. The summed E-state index contributed by atoms with van der Waals surface area (Å²) in [6.45, 7) is 0.387. The maximum absolute atomic E-state index is 12.8. The van der Waals surface area contributed by atoms with Crippen molar-refractivity contribution in [2.24, 2.45) is 5.73 Å². The highest BCUT2D eigenvalue weighted by atomic mass is 19.2. The Hall–Kier alpha value is -1.49. The quantitative estimate of drug-likeness (QED) is 0.797. The van der Waals surface area contributed by atoms with E-state index >= 15 is 0 Å². The van der Waals surface area contributed by atoms with E-state index < -0.39 is 11.6 Å². The van der Waals surface area contributed by atoms with Crippen LogP contribution in [0.3, 0.4) is 0 Å². The summed E-state index contributed by atoms with van der Waals surface area (Å²) in [6.07, 6.45) is 0.456. The van der Waals surface area contributed by atoms with E-state index in [-0.39, 0.29) is 5.58 Å². The van der Waals surface area contributed by atoms with Crippen LogP contribution in [0.15, 0.2) is 16.5 Å². The van der Waals surface area contributed by atoms with Crippen molar-refractivity contribution >= 4 is 11.1 Å². The molecule has 0 atom stereocenters. The standard InChI is InChI=1S/C9H8F2N2O/c10-5-3-7-8(4-6(5)11)14-9(13-7)1-2-12/h3-4H,1-2,12H2. The number of oxazole rings is 1. The summed E-state index contributed by atoms with van der Waals surface area (Å²) in [5.41, 5.74) is 5.85. The number of hydrogen-bond acceptors (Lipinski definition) is 3. The highest BCUT2D eigenvalue weighted by molar-refractivity contribution is 5.72. The van der Waals surface area contributed by atoms with Crippen molar-refractivity contribution < 1.29 is 13.2 Å². The van der Waals surface area contributed by atoms with Crippen molar-refractivity contribution in [3.8, 4) is 0 Å². The van der Waals surface area contributed by atoms with Gasteiger partial charge in [-0.25, -0.2) is 13.8 Å². The summed E-state index contributed by atoms with van der Waals surface area (Å²) >= 11 is 0. The highest BCUT2D eigenvalue weighted by Gasteiger charge is 2.09. The second-order valence-electron chi connectivity index (χ2n) is 2.88. The minimum Gasteiger partial charge on any atom is -0.441 e. The Bertz CT molecular complexity index is 428. The van der Waals surface area contributed by atoms with Crippen LogP contribution in [0.2, 0.25) is 0 Å². The summed E-state index contributed by atoms with van der Waals surface area (Å²) < 4.78 is 30.7. The number of aromatic nitrogens is 1. The predicted octanol–water partition coefficient (Wildman–Crippen LogP) is 1.61. The smallest absolute Gasteiger partial charge is 0.196 e. The van der Waals surface area contributed by atoms with Gasteiger partial charge < -0.3 is 10.2 Å². The number of hydrogen-bond donors (Lipinski definition) is 1. The Balaban J connectivity index is 2.54. The van der Waals surface area contributed by atoms with Crippen LogP contribution in [0.25, 0.3) is 11.1 Å². The molecule has 0 aliphatic carbocycles. The Labute approximate surface area is 78.5 Å². The molecule has 1 aromatic heterocycles. The lowest BCUT2D eigenvalue weighted by Gasteiger charge is -1.89. The predicted molar refractivity (Wildman–Crippen MR) is 46.7 cm³/mol. The molecule has 14 heavy (non-hydrogen) atoms. The van der Waals surface area contributed by atoms with Gasteiger partial charge in [-0.05, 0) is 0 Å². The third-order valence-electron chi connectivity index (χ3n) is 1.83.